The van der Waals surface area contributed by atoms with E-state index in [1.807, 2.05) is 0 Å². The summed E-state index contributed by atoms with van der Waals surface area (Å²) in [6, 6.07) is 10.2. The summed E-state index contributed by atoms with van der Waals surface area (Å²) in [5.41, 5.74) is 0.761. The molecule has 1 N–H and O–H groups in total. The highest BCUT2D eigenvalue weighted by molar-refractivity contribution is 7.90. The van der Waals surface area contributed by atoms with Crippen LogP contribution < -0.4 is 5.32 Å². The minimum absolute atomic E-state index is 0.0287. The number of aryl methyl sites for hydroxylation is 1. The van der Waals surface area contributed by atoms with Crippen molar-refractivity contribution >= 4 is 21.4 Å². The molecule has 0 aliphatic rings. The number of nitrogens with one attached hydrogen (secondary N) is 1. The Hall–Kier alpha value is -2.21. The summed E-state index contributed by atoms with van der Waals surface area (Å²) in [6.07, 6.45) is 1.03. The predicted octanol–water partition coefficient (Wildman–Crippen LogP) is 2.79. The molecule has 2 aromatic carbocycles. The smallest absolute Gasteiger partial charge is 0.256 e. The van der Waals surface area contributed by atoms with Gasteiger partial charge in [0.05, 0.1) is 10.5 Å². The summed E-state index contributed by atoms with van der Waals surface area (Å²) >= 11 is 0. The number of carbonyl (C=O) groups excluding carboxylic acids is 1. The van der Waals surface area contributed by atoms with E-state index in [0.717, 1.165) is 6.26 Å². The SMILES string of the molecule is Cc1ccc(NC(=O)c2ccccc2S(C)(=O)=O)cc1F. The molecule has 0 aliphatic heterocycles. The zero-order valence-electron chi connectivity index (χ0n) is 11.6. The molecule has 0 bridgehead atoms. The normalized spacial score (nSPS) is 11.2. The van der Waals surface area contributed by atoms with Crippen LogP contribution in [-0.2, 0) is 9.84 Å². The molecule has 1 amide bonds. The molecule has 110 valence electrons. The first-order valence-electron chi connectivity index (χ1n) is 6.15. The first-order valence-corrected chi connectivity index (χ1v) is 8.05. The van der Waals surface area contributed by atoms with Crippen molar-refractivity contribution in [2.24, 2.45) is 0 Å². The van der Waals surface area contributed by atoms with Crippen LogP contribution in [-0.4, -0.2) is 20.6 Å². The average molecular weight is 307 g/mol. The summed E-state index contributed by atoms with van der Waals surface area (Å²) in [4.78, 5) is 12.1. The van der Waals surface area contributed by atoms with Crippen molar-refractivity contribution in [1.82, 2.24) is 0 Å². The van der Waals surface area contributed by atoms with E-state index in [0.29, 0.717) is 5.56 Å². The largest absolute Gasteiger partial charge is 0.322 e. The highest BCUT2D eigenvalue weighted by Crippen LogP contribution is 2.18. The Bertz CT molecular complexity index is 800. The lowest BCUT2D eigenvalue weighted by Gasteiger charge is -2.09. The molecule has 2 aromatic rings. The molecule has 0 saturated heterocycles. The maximum atomic E-state index is 13.5. The van der Waals surface area contributed by atoms with Gasteiger partial charge in [-0.15, -0.1) is 0 Å². The second-order valence-electron chi connectivity index (χ2n) is 4.69. The molecule has 0 aliphatic carbocycles. The molecular formula is C15H14FNO3S. The topological polar surface area (TPSA) is 63.2 Å². The van der Waals surface area contributed by atoms with Crippen LogP contribution in [0.4, 0.5) is 10.1 Å². The fraction of sp³-hybridized carbons (Fsp3) is 0.133. The van der Waals surface area contributed by atoms with E-state index in [1.54, 1.807) is 25.1 Å². The van der Waals surface area contributed by atoms with E-state index < -0.39 is 21.6 Å². The number of hydrogen-bond donors (Lipinski definition) is 1. The van der Waals surface area contributed by atoms with Crippen molar-refractivity contribution in [3.05, 3.63) is 59.4 Å². The average Bonchev–Trinajstić information content (AvgIpc) is 2.42. The van der Waals surface area contributed by atoms with E-state index in [4.69, 9.17) is 0 Å². The van der Waals surface area contributed by atoms with Crippen molar-refractivity contribution < 1.29 is 17.6 Å². The van der Waals surface area contributed by atoms with E-state index in [2.05, 4.69) is 5.32 Å². The first-order chi connectivity index (χ1) is 9.79. The van der Waals surface area contributed by atoms with E-state index >= 15 is 0 Å². The highest BCUT2D eigenvalue weighted by Gasteiger charge is 2.18. The van der Waals surface area contributed by atoms with Crippen molar-refractivity contribution in [2.45, 2.75) is 11.8 Å². The molecule has 0 saturated carbocycles. The van der Waals surface area contributed by atoms with Gasteiger partial charge in [0.15, 0.2) is 9.84 Å². The minimum atomic E-state index is -3.52. The Morgan fingerprint density at radius 3 is 2.43 bits per heavy atom. The van der Waals surface area contributed by atoms with Crippen molar-refractivity contribution in [3.63, 3.8) is 0 Å². The number of carbonyl (C=O) groups is 1. The Labute approximate surface area is 122 Å². The van der Waals surface area contributed by atoms with Gasteiger partial charge in [-0.1, -0.05) is 18.2 Å². The van der Waals surface area contributed by atoms with Gasteiger partial charge in [0.1, 0.15) is 5.82 Å². The lowest BCUT2D eigenvalue weighted by Crippen LogP contribution is -2.16. The molecule has 0 radical (unpaired) electrons. The summed E-state index contributed by atoms with van der Waals surface area (Å²) in [6.45, 7) is 1.61. The minimum Gasteiger partial charge on any atom is -0.322 e. The van der Waals surface area contributed by atoms with Crippen LogP contribution in [0.15, 0.2) is 47.4 Å². The Morgan fingerprint density at radius 2 is 1.81 bits per heavy atom. The maximum absolute atomic E-state index is 13.5. The van der Waals surface area contributed by atoms with Gasteiger partial charge in [0.2, 0.25) is 0 Å². The Balaban J connectivity index is 2.35. The highest BCUT2D eigenvalue weighted by atomic mass is 32.2. The number of hydrogen-bond acceptors (Lipinski definition) is 3. The molecule has 0 atom stereocenters. The van der Waals surface area contributed by atoms with Crippen LogP contribution in [0.25, 0.3) is 0 Å². The molecule has 0 aromatic heterocycles. The number of anilines is 1. The van der Waals surface area contributed by atoms with Gasteiger partial charge in [-0.2, -0.15) is 0 Å². The van der Waals surface area contributed by atoms with Gasteiger partial charge < -0.3 is 5.32 Å². The number of amides is 1. The summed E-state index contributed by atoms with van der Waals surface area (Å²) < 4.78 is 36.8. The molecule has 0 spiro atoms. The molecule has 2 rings (SSSR count). The quantitative estimate of drug-likeness (QED) is 0.948. The van der Waals surface area contributed by atoms with Crippen LogP contribution in [0.3, 0.4) is 0 Å². The summed E-state index contributed by atoms with van der Waals surface area (Å²) in [5, 5.41) is 2.50. The molecule has 6 heteroatoms. The molecule has 0 fully saturated rings. The van der Waals surface area contributed by atoms with Crippen LogP contribution in [0.5, 0.6) is 0 Å². The molecule has 0 heterocycles. The fourth-order valence-corrected chi connectivity index (χ4v) is 2.73. The third-order valence-corrected chi connectivity index (χ3v) is 4.12. The molecule has 4 nitrogen and oxygen atoms in total. The third-order valence-electron chi connectivity index (χ3n) is 2.96. The Kier molecular flexibility index (Phi) is 4.09. The standard InChI is InChI=1S/C15H14FNO3S/c1-10-7-8-11(9-13(10)16)17-15(18)12-5-3-4-6-14(12)21(2,19)20/h3-9H,1-2H3,(H,17,18). The lowest BCUT2D eigenvalue weighted by atomic mass is 10.2. The van der Waals surface area contributed by atoms with Gasteiger partial charge >= 0.3 is 0 Å². The fourth-order valence-electron chi connectivity index (χ4n) is 1.85. The van der Waals surface area contributed by atoms with Crippen LogP contribution in [0.2, 0.25) is 0 Å². The van der Waals surface area contributed by atoms with Gasteiger partial charge in [0.25, 0.3) is 5.91 Å². The van der Waals surface area contributed by atoms with Gasteiger partial charge in [0, 0.05) is 11.9 Å². The zero-order valence-corrected chi connectivity index (χ0v) is 12.4. The van der Waals surface area contributed by atoms with E-state index in [-0.39, 0.29) is 16.1 Å². The van der Waals surface area contributed by atoms with Crippen molar-refractivity contribution in [1.29, 1.82) is 0 Å². The number of sulfone groups is 1. The Morgan fingerprint density at radius 1 is 1.14 bits per heavy atom. The maximum Gasteiger partial charge on any atom is 0.256 e. The van der Waals surface area contributed by atoms with Gasteiger partial charge in [-0.05, 0) is 36.8 Å². The number of benzene rings is 2. The lowest BCUT2D eigenvalue weighted by molar-refractivity contribution is 0.102. The van der Waals surface area contributed by atoms with Gasteiger partial charge in [-0.3, -0.25) is 4.79 Å². The molecule has 21 heavy (non-hydrogen) atoms. The first kappa shape index (κ1) is 15.2. The van der Waals surface area contributed by atoms with Crippen LogP contribution in [0.1, 0.15) is 15.9 Å². The van der Waals surface area contributed by atoms with Crippen LogP contribution >= 0.6 is 0 Å². The summed E-state index contributed by atoms with van der Waals surface area (Å²) in [7, 11) is -3.52. The molecular weight excluding hydrogens is 293 g/mol. The second-order valence-corrected chi connectivity index (χ2v) is 6.67. The number of halogens is 1. The summed E-state index contributed by atoms with van der Waals surface area (Å²) in [5.74, 6) is -1.04. The van der Waals surface area contributed by atoms with Gasteiger partial charge in [-0.25, -0.2) is 12.8 Å². The monoisotopic (exact) mass is 307 g/mol. The molecule has 0 unspecified atom stereocenters. The number of rotatable bonds is 3. The predicted molar refractivity (Wildman–Crippen MR) is 78.6 cm³/mol. The van der Waals surface area contributed by atoms with E-state index in [1.165, 1.54) is 24.3 Å². The second kappa shape index (κ2) is 5.65. The zero-order chi connectivity index (χ0) is 15.6. The van der Waals surface area contributed by atoms with Crippen LogP contribution in [0, 0.1) is 12.7 Å². The third kappa shape index (κ3) is 3.46. The van der Waals surface area contributed by atoms with Crippen molar-refractivity contribution in [2.75, 3.05) is 11.6 Å². The van der Waals surface area contributed by atoms with E-state index in [9.17, 15) is 17.6 Å². The van der Waals surface area contributed by atoms with Crippen molar-refractivity contribution in [3.8, 4) is 0 Å².